The molecule has 2 aromatic heterocycles. The van der Waals surface area contributed by atoms with Crippen LogP contribution in [0.5, 0.6) is 0 Å². The zero-order valence-corrected chi connectivity index (χ0v) is 11.4. The van der Waals surface area contributed by atoms with Gasteiger partial charge >= 0.3 is 0 Å². The summed E-state index contributed by atoms with van der Waals surface area (Å²) < 4.78 is 5.49. The van der Waals surface area contributed by atoms with Crippen molar-refractivity contribution in [1.82, 2.24) is 20.5 Å². The molecule has 0 fully saturated rings. The van der Waals surface area contributed by atoms with Crippen molar-refractivity contribution in [3.63, 3.8) is 0 Å². The predicted octanol–water partition coefficient (Wildman–Crippen LogP) is 1.27. The number of hydrogen-bond acceptors (Lipinski definition) is 5. The van der Waals surface area contributed by atoms with E-state index in [0.29, 0.717) is 23.9 Å². The zero-order chi connectivity index (χ0) is 13.8. The highest BCUT2D eigenvalue weighted by Gasteiger charge is 2.11. The van der Waals surface area contributed by atoms with Crippen molar-refractivity contribution in [3.05, 3.63) is 34.1 Å². The van der Waals surface area contributed by atoms with E-state index in [4.69, 9.17) is 4.42 Å². The smallest absolute Gasteiger partial charge is 0.253 e. The van der Waals surface area contributed by atoms with Gasteiger partial charge in [0.25, 0.3) is 5.89 Å². The van der Waals surface area contributed by atoms with Crippen molar-refractivity contribution in [1.29, 1.82) is 0 Å². The molecule has 0 radical (unpaired) electrons. The maximum absolute atomic E-state index is 11.8. The van der Waals surface area contributed by atoms with E-state index in [1.165, 1.54) is 6.07 Å². The van der Waals surface area contributed by atoms with Gasteiger partial charge in [-0.1, -0.05) is 13.8 Å². The fourth-order valence-electron chi connectivity index (χ4n) is 1.67. The third-order valence-electron chi connectivity index (χ3n) is 2.65. The molecular formula is C13H18N4O2. The van der Waals surface area contributed by atoms with Crippen LogP contribution in [0, 0.1) is 6.92 Å². The van der Waals surface area contributed by atoms with Crippen LogP contribution in [0.4, 0.5) is 0 Å². The van der Waals surface area contributed by atoms with Gasteiger partial charge in [-0.2, -0.15) is 0 Å². The van der Waals surface area contributed by atoms with Gasteiger partial charge in [0.15, 0.2) is 5.43 Å². The third-order valence-corrected chi connectivity index (χ3v) is 2.65. The van der Waals surface area contributed by atoms with Gasteiger partial charge in [0, 0.05) is 37.0 Å². The number of nitrogens with one attached hydrogen (secondary N) is 2. The fraction of sp³-hybridized carbons (Fsp3) is 0.462. The van der Waals surface area contributed by atoms with Crippen LogP contribution in [0.2, 0.25) is 0 Å². The van der Waals surface area contributed by atoms with Crippen LogP contribution in [0.3, 0.4) is 0 Å². The minimum Gasteiger partial charge on any atom is -0.420 e. The molecule has 19 heavy (non-hydrogen) atoms. The number of hydrogen-bond donors (Lipinski definition) is 2. The van der Waals surface area contributed by atoms with Gasteiger partial charge in [-0.25, -0.2) is 0 Å². The first-order valence-corrected chi connectivity index (χ1v) is 6.31. The molecule has 0 spiro atoms. The number of aromatic nitrogens is 3. The molecule has 0 aliphatic carbocycles. The first-order chi connectivity index (χ1) is 9.06. The Balaban J connectivity index is 2.10. The van der Waals surface area contributed by atoms with E-state index in [2.05, 4.69) is 34.3 Å². The standard InChI is InChI=1S/C13H18N4O2/c1-8(2)14-5-4-12-16-17-13(19-12)10-7-15-9(3)6-11(10)18/h6-8,14H,4-5H2,1-3H3,(H,15,18). The van der Waals surface area contributed by atoms with E-state index in [9.17, 15) is 4.79 Å². The highest BCUT2D eigenvalue weighted by molar-refractivity contribution is 5.50. The highest BCUT2D eigenvalue weighted by atomic mass is 16.4. The van der Waals surface area contributed by atoms with E-state index < -0.39 is 0 Å². The lowest BCUT2D eigenvalue weighted by Gasteiger charge is -2.04. The molecule has 0 aromatic carbocycles. The van der Waals surface area contributed by atoms with E-state index in [1.807, 2.05) is 6.92 Å². The lowest BCUT2D eigenvalue weighted by molar-refractivity contribution is 0.484. The Hall–Kier alpha value is -1.95. The minimum atomic E-state index is -0.119. The molecule has 0 bridgehead atoms. The Labute approximate surface area is 111 Å². The van der Waals surface area contributed by atoms with Crippen LogP contribution in [-0.2, 0) is 6.42 Å². The molecule has 0 amide bonds. The fourth-order valence-corrected chi connectivity index (χ4v) is 1.67. The Bertz CT molecular complexity index is 601. The largest absolute Gasteiger partial charge is 0.420 e. The normalized spacial score (nSPS) is 11.2. The average molecular weight is 262 g/mol. The first-order valence-electron chi connectivity index (χ1n) is 6.31. The van der Waals surface area contributed by atoms with Crippen molar-refractivity contribution < 1.29 is 4.42 Å². The Morgan fingerprint density at radius 2 is 2.21 bits per heavy atom. The number of aryl methyl sites for hydroxylation is 1. The van der Waals surface area contributed by atoms with E-state index in [1.54, 1.807) is 6.20 Å². The molecule has 0 atom stereocenters. The molecule has 0 aliphatic heterocycles. The number of H-pyrrole nitrogens is 1. The zero-order valence-electron chi connectivity index (χ0n) is 11.4. The number of aromatic amines is 1. The van der Waals surface area contributed by atoms with Gasteiger partial charge in [-0.05, 0) is 6.92 Å². The molecular weight excluding hydrogens is 244 g/mol. The highest BCUT2D eigenvalue weighted by Crippen LogP contribution is 2.13. The van der Waals surface area contributed by atoms with Gasteiger partial charge in [-0.3, -0.25) is 4.79 Å². The van der Waals surface area contributed by atoms with Crippen molar-refractivity contribution in [3.8, 4) is 11.5 Å². The van der Waals surface area contributed by atoms with E-state index >= 15 is 0 Å². The first kappa shape index (κ1) is 13.5. The molecule has 2 aromatic rings. The van der Waals surface area contributed by atoms with Crippen LogP contribution in [0.15, 0.2) is 21.5 Å². The van der Waals surface area contributed by atoms with Gasteiger partial charge in [0.1, 0.15) is 5.56 Å². The maximum atomic E-state index is 11.8. The van der Waals surface area contributed by atoms with Gasteiger partial charge in [-0.15, -0.1) is 10.2 Å². The predicted molar refractivity (Wildman–Crippen MR) is 71.9 cm³/mol. The minimum absolute atomic E-state index is 0.119. The Kier molecular flexibility index (Phi) is 4.11. The summed E-state index contributed by atoms with van der Waals surface area (Å²) in [6, 6.07) is 1.93. The SMILES string of the molecule is Cc1cc(=O)c(-c2nnc(CCNC(C)C)o2)c[nH]1. The molecule has 2 rings (SSSR count). The number of rotatable bonds is 5. The van der Waals surface area contributed by atoms with Crippen LogP contribution in [0.25, 0.3) is 11.5 Å². The molecule has 0 saturated heterocycles. The van der Waals surface area contributed by atoms with Crippen LogP contribution < -0.4 is 10.7 Å². The Morgan fingerprint density at radius 1 is 1.42 bits per heavy atom. The summed E-state index contributed by atoms with van der Waals surface area (Å²) >= 11 is 0. The topological polar surface area (TPSA) is 83.8 Å². The van der Waals surface area contributed by atoms with Crippen LogP contribution in [0.1, 0.15) is 25.4 Å². The number of pyridine rings is 1. The summed E-state index contributed by atoms with van der Waals surface area (Å²) in [6.07, 6.45) is 2.25. The van der Waals surface area contributed by atoms with Crippen molar-refractivity contribution in [2.45, 2.75) is 33.2 Å². The summed E-state index contributed by atoms with van der Waals surface area (Å²) in [5.74, 6) is 0.795. The third kappa shape index (κ3) is 3.51. The quantitative estimate of drug-likeness (QED) is 0.847. The average Bonchev–Trinajstić information content (AvgIpc) is 2.77. The van der Waals surface area contributed by atoms with E-state index in [-0.39, 0.29) is 11.3 Å². The molecule has 6 heteroatoms. The molecule has 0 unspecified atom stereocenters. The Morgan fingerprint density at radius 3 is 2.89 bits per heavy atom. The molecule has 0 saturated carbocycles. The second kappa shape index (κ2) is 5.79. The van der Waals surface area contributed by atoms with Crippen LogP contribution >= 0.6 is 0 Å². The van der Waals surface area contributed by atoms with E-state index in [0.717, 1.165) is 12.2 Å². The lowest BCUT2D eigenvalue weighted by Crippen LogP contribution is -2.25. The summed E-state index contributed by atoms with van der Waals surface area (Å²) in [7, 11) is 0. The van der Waals surface area contributed by atoms with Gasteiger partial charge in [0.2, 0.25) is 5.89 Å². The lowest BCUT2D eigenvalue weighted by atomic mass is 10.2. The summed E-state index contributed by atoms with van der Waals surface area (Å²) in [4.78, 5) is 14.8. The molecule has 6 nitrogen and oxygen atoms in total. The second-order valence-electron chi connectivity index (χ2n) is 4.75. The molecule has 102 valence electrons. The van der Waals surface area contributed by atoms with Gasteiger partial charge < -0.3 is 14.7 Å². The summed E-state index contributed by atoms with van der Waals surface area (Å²) in [5, 5.41) is 11.1. The summed E-state index contributed by atoms with van der Waals surface area (Å²) in [5.41, 5.74) is 1.09. The van der Waals surface area contributed by atoms with Gasteiger partial charge in [0.05, 0.1) is 0 Å². The second-order valence-corrected chi connectivity index (χ2v) is 4.75. The van der Waals surface area contributed by atoms with Crippen molar-refractivity contribution in [2.75, 3.05) is 6.54 Å². The molecule has 2 N–H and O–H groups in total. The van der Waals surface area contributed by atoms with Crippen LogP contribution in [-0.4, -0.2) is 27.8 Å². The molecule has 0 aliphatic rings. The molecule has 2 heterocycles. The summed E-state index contributed by atoms with van der Waals surface area (Å²) in [6.45, 7) is 6.74. The monoisotopic (exact) mass is 262 g/mol. The van der Waals surface area contributed by atoms with Crippen molar-refractivity contribution >= 4 is 0 Å². The maximum Gasteiger partial charge on any atom is 0.253 e. The van der Waals surface area contributed by atoms with Crippen molar-refractivity contribution in [2.24, 2.45) is 0 Å². The number of nitrogens with zero attached hydrogens (tertiary/aromatic N) is 2.